The lowest BCUT2D eigenvalue weighted by Gasteiger charge is -2.19. The number of para-hydroxylation sites is 1. The molecule has 0 aliphatic heterocycles. The molecule has 0 spiro atoms. The maximum Gasteiger partial charge on any atom is 0.238 e. The minimum atomic E-state index is -0.763. The Morgan fingerprint density at radius 3 is 2.70 bits per heavy atom. The lowest BCUT2D eigenvalue weighted by Crippen LogP contribution is -2.39. The normalized spacial score (nSPS) is 21.9. The Kier molecular flexibility index (Phi) is 5.37. The summed E-state index contributed by atoms with van der Waals surface area (Å²) in [6, 6.07) is 3.79. The highest BCUT2D eigenvalue weighted by Gasteiger charge is 2.26. The lowest BCUT2D eigenvalue weighted by molar-refractivity contribution is -0.115. The first-order valence-corrected chi connectivity index (χ1v) is 7.90. The molecule has 2 rings (SSSR count). The molecule has 1 amide bonds. The highest BCUT2D eigenvalue weighted by atomic mass is 32.2. The largest absolute Gasteiger partial charge is 0.320 e. The number of carbonyl (C=O) groups excluding carboxylic acids is 1. The van der Waals surface area contributed by atoms with Gasteiger partial charge in [-0.15, -0.1) is 0 Å². The Labute approximate surface area is 121 Å². The molecule has 110 valence electrons. The fourth-order valence-corrected chi connectivity index (χ4v) is 3.43. The van der Waals surface area contributed by atoms with Gasteiger partial charge in [0.2, 0.25) is 5.91 Å². The predicted octanol–water partition coefficient (Wildman–Crippen LogP) is 2.78. The van der Waals surface area contributed by atoms with Crippen molar-refractivity contribution in [3.63, 3.8) is 0 Å². The van der Waals surface area contributed by atoms with Gasteiger partial charge in [0.15, 0.2) is 0 Å². The van der Waals surface area contributed by atoms with Crippen molar-refractivity contribution < 1.29 is 13.6 Å². The van der Waals surface area contributed by atoms with E-state index in [1.165, 1.54) is 6.07 Å². The summed E-state index contributed by atoms with van der Waals surface area (Å²) in [7, 11) is 0. The number of amides is 1. The number of nitrogens with one attached hydrogen (secondary N) is 2. The highest BCUT2D eigenvalue weighted by Crippen LogP contribution is 2.28. The van der Waals surface area contributed by atoms with Gasteiger partial charge in [-0.05, 0) is 31.2 Å². The minimum Gasteiger partial charge on any atom is -0.320 e. The second-order valence-corrected chi connectivity index (χ2v) is 5.91. The van der Waals surface area contributed by atoms with Gasteiger partial charge in [0, 0.05) is 11.3 Å². The third-order valence-corrected chi connectivity index (χ3v) is 4.68. The topological polar surface area (TPSA) is 41.1 Å². The van der Waals surface area contributed by atoms with E-state index in [9.17, 15) is 13.6 Å². The second kappa shape index (κ2) is 7.04. The fraction of sp³-hybridized carbons (Fsp3) is 0.500. The van der Waals surface area contributed by atoms with Crippen LogP contribution in [0.5, 0.6) is 0 Å². The van der Waals surface area contributed by atoms with E-state index < -0.39 is 17.5 Å². The molecule has 20 heavy (non-hydrogen) atoms. The minimum absolute atomic E-state index is 0.0650. The first-order chi connectivity index (χ1) is 9.61. The lowest BCUT2D eigenvalue weighted by atomic mass is 10.2. The molecule has 2 unspecified atom stereocenters. The number of halogens is 2. The van der Waals surface area contributed by atoms with Crippen molar-refractivity contribution in [2.45, 2.75) is 30.6 Å². The van der Waals surface area contributed by atoms with E-state index in [1.807, 2.05) is 0 Å². The SMILES string of the molecule is CSC1CCCC1NCC(=O)Nc1c(F)cccc1F. The van der Waals surface area contributed by atoms with Crippen molar-refractivity contribution in [1.82, 2.24) is 5.32 Å². The van der Waals surface area contributed by atoms with Crippen LogP contribution >= 0.6 is 11.8 Å². The summed E-state index contributed by atoms with van der Waals surface area (Å²) in [5.41, 5.74) is -0.382. The quantitative estimate of drug-likeness (QED) is 0.878. The van der Waals surface area contributed by atoms with E-state index in [0.717, 1.165) is 31.4 Å². The molecule has 0 heterocycles. The molecule has 2 atom stereocenters. The number of benzene rings is 1. The molecule has 3 nitrogen and oxygen atoms in total. The van der Waals surface area contributed by atoms with Crippen molar-refractivity contribution in [3.8, 4) is 0 Å². The van der Waals surface area contributed by atoms with Crippen LogP contribution in [0, 0.1) is 11.6 Å². The Hall–Kier alpha value is -1.14. The maximum absolute atomic E-state index is 13.4. The predicted molar refractivity (Wildman–Crippen MR) is 77.9 cm³/mol. The number of rotatable bonds is 5. The summed E-state index contributed by atoms with van der Waals surface area (Å²) in [6.45, 7) is 0.0650. The molecular formula is C14H18F2N2OS. The van der Waals surface area contributed by atoms with Crippen molar-refractivity contribution in [2.75, 3.05) is 18.1 Å². The Morgan fingerprint density at radius 2 is 2.05 bits per heavy atom. The van der Waals surface area contributed by atoms with Crippen LogP contribution in [-0.2, 0) is 4.79 Å². The smallest absolute Gasteiger partial charge is 0.238 e. The van der Waals surface area contributed by atoms with Gasteiger partial charge in [-0.2, -0.15) is 11.8 Å². The zero-order valence-corrected chi connectivity index (χ0v) is 12.1. The summed E-state index contributed by atoms with van der Waals surface area (Å²) < 4.78 is 26.8. The van der Waals surface area contributed by atoms with Gasteiger partial charge in [-0.1, -0.05) is 12.5 Å². The number of carbonyl (C=O) groups is 1. The number of hydrogen-bond donors (Lipinski definition) is 2. The Morgan fingerprint density at radius 1 is 1.35 bits per heavy atom. The van der Waals surface area contributed by atoms with Crippen LogP contribution in [0.2, 0.25) is 0 Å². The number of anilines is 1. The molecular weight excluding hydrogens is 282 g/mol. The Balaban J connectivity index is 1.87. The number of hydrogen-bond acceptors (Lipinski definition) is 3. The zero-order chi connectivity index (χ0) is 14.5. The van der Waals surface area contributed by atoms with E-state index in [2.05, 4.69) is 16.9 Å². The van der Waals surface area contributed by atoms with Gasteiger partial charge in [-0.3, -0.25) is 4.79 Å². The first kappa shape index (κ1) is 15.3. The Bertz CT molecular complexity index is 464. The van der Waals surface area contributed by atoms with Crippen LogP contribution in [0.4, 0.5) is 14.5 Å². The molecule has 2 N–H and O–H groups in total. The zero-order valence-electron chi connectivity index (χ0n) is 11.3. The van der Waals surface area contributed by atoms with E-state index in [0.29, 0.717) is 11.3 Å². The molecule has 0 radical (unpaired) electrons. The third kappa shape index (κ3) is 3.70. The average molecular weight is 300 g/mol. The van der Waals surface area contributed by atoms with E-state index in [4.69, 9.17) is 0 Å². The third-order valence-electron chi connectivity index (χ3n) is 3.51. The molecule has 0 aromatic heterocycles. The van der Waals surface area contributed by atoms with Crippen molar-refractivity contribution >= 4 is 23.4 Å². The van der Waals surface area contributed by atoms with Crippen LogP contribution in [0.15, 0.2) is 18.2 Å². The molecule has 1 fully saturated rings. The van der Waals surface area contributed by atoms with Gasteiger partial charge in [0.1, 0.15) is 17.3 Å². The van der Waals surface area contributed by atoms with Crippen LogP contribution in [0.3, 0.4) is 0 Å². The van der Waals surface area contributed by atoms with Crippen LogP contribution in [-0.4, -0.2) is 30.0 Å². The van der Waals surface area contributed by atoms with Crippen LogP contribution in [0.25, 0.3) is 0 Å². The molecule has 1 aromatic carbocycles. The van der Waals surface area contributed by atoms with Gasteiger partial charge in [-0.25, -0.2) is 8.78 Å². The molecule has 1 aliphatic carbocycles. The van der Waals surface area contributed by atoms with Crippen molar-refractivity contribution in [1.29, 1.82) is 0 Å². The first-order valence-electron chi connectivity index (χ1n) is 6.62. The van der Waals surface area contributed by atoms with E-state index >= 15 is 0 Å². The second-order valence-electron chi connectivity index (χ2n) is 4.84. The molecule has 1 aliphatic rings. The van der Waals surface area contributed by atoms with Gasteiger partial charge < -0.3 is 10.6 Å². The molecule has 0 bridgehead atoms. The fourth-order valence-electron chi connectivity index (χ4n) is 2.47. The number of thioether (sulfide) groups is 1. The standard InChI is InChI=1S/C14H18F2N2OS/c1-20-12-7-3-6-11(12)17-8-13(19)18-14-9(15)4-2-5-10(14)16/h2,4-5,11-12,17H,3,6-8H2,1H3,(H,18,19). The summed E-state index contributed by atoms with van der Waals surface area (Å²) >= 11 is 1.79. The molecule has 1 aromatic rings. The summed E-state index contributed by atoms with van der Waals surface area (Å²) in [5, 5.41) is 5.95. The maximum atomic E-state index is 13.4. The highest BCUT2D eigenvalue weighted by molar-refractivity contribution is 7.99. The van der Waals surface area contributed by atoms with Crippen molar-refractivity contribution in [2.24, 2.45) is 0 Å². The van der Waals surface area contributed by atoms with E-state index in [-0.39, 0.29) is 12.2 Å². The van der Waals surface area contributed by atoms with E-state index in [1.54, 1.807) is 11.8 Å². The van der Waals surface area contributed by atoms with Gasteiger partial charge in [0.05, 0.1) is 6.54 Å². The summed E-state index contributed by atoms with van der Waals surface area (Å²) in [6.07, 6.45) is 5.38. The molecule has 0 saturated heterocycles. The average Bonchev–Trinajstić information content (AvgIpc) is 2.88. The van der Waals surface area contributed by atoms with Gasteiger partial charge >= 0.3 is 0 Å². The molecule has 6 heteroatoms. The molecule has 1 saturated carbocycles. The van der Waals surface area contributed by atoms with Crippen molar-refractivity contribution in [3.05, 3.63) is 29.8 Å². The monoisotopic (exact) mass is 300 g/mol. The van der Waals surface area contributed by atoms with Crippen LogP contribution in [0.1, 0.15) is 19.3 Å². The van der Waals surface area contributed by atoms with Crippen LogP contribution < -0.4 is 10.6 Å². The summed E-state index contributed by atoms with van der Waals surface area (Å²) in [4.78, 5) is 11.8. The summed E-state index contributed by atoms with van der Waals surface area (Å²) in [5.74, 6) is -1.96. The van der Waals surface area contributed by atoms with Gasteiger partial charge in [0.25, 0.3) is 0 Å².